The Bertz CT molecular complexity index is 609. The number of halogens is 1. The van der Waals surface area contributed by atoms with Gasteiger partial charge in [-0.2, -0.15) is 0 Å². The van der Waals surface area contributed by atoms with E-state index in [9.17, 15) is 4.79 Å². The molecule has 2 atom stereocenters. The van der Waals surface area contributed by atoms with Gasteiger partial charge in [-0.1, -0.05) is 58.4 Å². The first-order valence-corrected chi connectivity index (χ1v) is 7.65. The molecular weight excluding hydrogens is 316 g/mol. The standard InChI is InChI=1S/C17H15BrO2/c18-15-11-10-12-6-4-5-9-14(12)16(15)20-17(19)13-7-2-1-3-8-13/h1-9,15-16H,10-11H2/t15-,16-/m0/s1. The molecule has 0 unspecified atom stereocenters. The molecule has 0 saturated heterocycles. The van der Waals surface area contributed by atoms with Crippen molar-refractivity contribution in [1.29, 1.82) is 0 Å². The van der Waals surface area contributed by atoms with E-state index >= 15 is 0 Å². The van der Waals surface area contributed by atoms with Crippen molar-refractivity contribution in [2.24, 2.45) is 0 Å². The van der Waals surface area contributed by atoms with Gasteiger partial charge in [0, 0.05) is 0 Å². The molecule has 1 aliphatic rings. The number of aryl methyl sites for hydroxylation is 1. The minimum Gasteiger partial charge on any atom is -0.453 e. The van der Waals surface area contributed by atoms with Crippen molar-refractivity contribution in [1.82, 2.24) is 0 Å². The van der Waals surface area contributed by atoms with Gasteiger partial charge in [-0.15, -0.1) is 0 Å². The Balaban J connectivity index is 1.85. The first-order chi connectivity index (χ1) is 9.75. The number of alkyl halides is 1. The van der Waals surface area contributed by atoms with Gasteiger partial charge in [-0.3, -0.25) is 0 Å². The number of hydrogen-bond acceptors (Lipinski definition) is 2. The molecule has 3 rings (SSSR count). The number of benzene rings is 2. The van der Waals surface area contributed by atoms with Gasteiger partial charge in [0.2, 0.25) is 0 Å². The summed E-state index contributed by atoms with van der Waals surface area (Å²) >= 11 is 3.65. The maximum atomic E-state index is 12.2. The highest BCUT2D eigenvalue weighted by atomic mass is 79.9. The van der Waals surface area contributed by atoms with Crippen LogP contribution in [0.4, 0.5) is 0 Å². The quantitative estimate of drug-likeness (QED) is 0.606. The molecule has 0 fully saturated rings. The number of fused-ring (bicyclic) bond motifs is 1. The van der Waals surface area contributed by atoms with E-state index in [2.05, 4.69) is 22.0 Å². The second kappa shape index (κ2) is 5.80. The Morgan fingerprint density at radius 3 is 2.55 bits per heavy atom. The molecule has 2 nitrogen and oxygen atoms in total. The highest BCUT2D eigenvalue weighted by Gasteiger charge is 2.30. The van der Waals surface area contributed by atoms with Crippen LogP contribution in [-0.2, 0) is 11.2 Å². The van der Waals surface area contributed by atoms with Crippen LogP contribution in [0.15, 0.2) is 54.6 Å². The topological polar surface area (TPSA) is 26.3 Å². The van der Waals surface area contributed by atoms with Crippen molar-refractivity contribution in [3.8, 4) is 0 Å². The summed E-state index contributed by atoms with van der Waals surface area (Å²) in [4.78, 5) is 12.4. The van der Waals surface area contributed by atoms with Crippen LogP contribution < -0.4 is 0 Å². The van der Waals surface area contributed by atoms with Crippen molar-refractivity contribution in [3.63, 3.8) is 0 Å². The molecule has 0 saturated carbocycles. The van der Waals surface area contributed by atoms with E-state index in [4.69, 9.17) is 4.74 Å². The van der Waals surface area contributed by atoms with E-state index in [-0.39, 0.29) is 16.9 Å². The zero-order chi connectivity index (χ0) is 13.9. The summed E-state index contributed by atoms with van der Waals surface area (Å²) in [5.74, 6) is -0.267. The second-order valence-electron chi connectivity index (χ2n) is 4.95. The van der Waals surface area contributed by atoms with E-state index in [1.807, 2.05) is 36.4 Å². The Labute approximate surface area is 126 Å². The maximum absolute atomic E-state index is 12.2. The Hall–Kier alpha value is -1.61. The van der Waals surface area contributed by atoms with Gasteiger partial charge < -0.3 is 4.74 Å². The average Bonchev–Trinajstić information content (AvgIpc) is 2.51. The predicted octanol–water partition coefficient (Wildman–Crippen LogP) is 4.29. The van der Waals surface area contributed by atoms with E-state index < -0.39 is 0 Å². The largest absolute Gasteiger partial charge is 0.453 e. The lowest BCUT2D eigenvalue weighted by Gasteiger charge is -2.29. The molecule has 0 N–H and O–H groups in total. The summed E-state index contributed by atoms with van der Waals surface area (Å²) in [5, 5.41) is 0. The van der Waals surface area contributed by atoms with Gasteiger partial charge in [0.15, 0.2) is 0 Å². The van der Waals surface area contributed by atoms with E-state index in [1.54, 1.807) is 12.1 Å². The molecule has 0 heterocycles. The molecule has 2 aromatic rings. The first kappa shape index (κ1) is 13.4. The molecule has 20 heavy (non-hydrogen) atoms. The Kier molecular flexibility index (Phi) is 3.88. The Morgan fingerprint density at radius 1 is 1.05 bits per heavy atom. The molecule has 1 aliphatic carbocycles. The molecule has 0 aliphatic heterocycles. The number of rotatable bonds is 2. The van der Waals surface area contributed by atoms with Gasteiger partial charge >= 0.3 is 5.97 Å². The van der Waals surface area contributed by atoms with E-state index in [0.717, 1.165) is 18.4 Å². The number of carbonyl (C=O) groups is 1. The van der Waals surface area contributed by atoms with Crippen molar-refractivity contribution >= 4 is 21.9 Å². The van der Waals surface area contributed by atoms with Crippen LogP contribution in [0.2, 0.25) is 0 Å². The minimum atomic E-state index is -0.267. The molecule has 0 bridgehead atoms. The fourth-order valence-electron chi connectivity index (χ4n) is 2.57. The molecule has 0 amide bonds. The Morgan fingerprint density at radius 2 is 1.75 bits per heavy atom. The van der Waals surface area contributed by atoms with Crippen molar-refractivity contribution in [2.45, 2.75) is 23.8 Å². The number of ether oxygens (including phenoxy) is 1. The molecule has 2 aromatic carbocycles. The molecule has 0 aromatic heterocycles. The van der Waals surface area contributed by atoms with Gasteiger partial charge in [-0.25, -0.2) is 4.79 Å². The van der Waals surface area contributed by atoms with E-state index in [1.165, 1.54) is 5.56 Å². The van der Waals surface area contributed by atoms with Crippen molar-refractivity contribution in [2.75, 3.05) is 0 Å². The number of esters is 1. The summed E-state index contributed by atoms with van der Waals surface area (Å²) in [6, 6.07) is 17.3. The third-order valence-electron chi connectivity index (χ3n) is 3.62. The van der Waals surface area contributed by atoms with Gasteiger partial charge in [0.05, 0.1) is 10.4 Å². The predicted molar refractivity (Wildman–Crippen MR) is 82.1 cm³/mol. The van der Waals surface area contributed by atoms with Crippen molar-refractivity contribution < 1.29 is 9.53 Å². The molecule has 0 spiro atoms. The van der Waals surface area contributed by atoms with Crippen LogP contribution in [0.3, 0.4) is 0 Å². The van der Waals surface area contributed by atoms with Gasteiger partial charge in [-0.05, 0) is 36.1 Å². The molecule has 3 heteroatoms. The monoisotopic (exact) mass is 330 g/mol. The van der Waals surface area contributed by atoms with Crippen LogP contribution in [0, 0.1) is 0 Å². The zero-order valence-electron chi connectivity index (χ0n) is 11.0. The normalized spacial score (nSPS) is 21.1. The third kappa shape index (κ3) is 2.63. The average molecular weight is 331 g/mol. The summed E-state index contributed by atoms with van der Waals surface area (Å²) in [6.45, 7) is 0. The van der Waals surface area contributed by atoms with Crippen LogP contribution in [-0.4, -0.2) is 10.8 Å². The number of carbonyl (C=O) groups excluding carboxylic acids is 1. The van der Waals surface area contributed by atoms with Gasteiger partial charge in [0.1, 0.15) is 6.10 Å². The summed E-state index contributed by atoms with van der Waals surface area (Å²) in [6.07, 6.45) is 1.78. The second-order valence-corrected chi connectivity index (χ2v) is 6.12. The van der Waals surface area contributed by atoms with Crippen LogP contribution in [0.1, 0.15) is 34.0 Å². The lowest BCUT2D eigenvalue weighted by molar-refractivity contribution is 0.0277. The first-order valence-electron chi connectivity index (χ1n) is 6.73. The minimum absolute atomic E-state index is 0.171. The summed E-state index contributed by atoms with van der Waals surface area (Å²) < 4.78 is 5.73. The highest BCUT2D eigenvalue weighted by Crippen LogP contribution is 2.37. The lowest BCUT2D eigenvalue weighted by atomic mass is 9.89. The summed E-state index contributed by atoms with van der Waals surface area (Å²) in [7, 11) is 0. The summed E-state index contributed by atoms with van der Waals surface area (Å²) in [5.41, 5.74) is 2.98. The van der Waals surface area contributed by atoms with E-state index in [0.29, 0.717) is 5.56 Å². The lowest BCUT2D eigenvalue weighted by Crippen LogP contribution is -2.25. The SMILES string of the molecule is O=C(O[C@H]1c2ccccc2CC[C@@H]1Br)c1ccccc1. The van der Waals surface area contributed by atoms with Crippen molar-refractivity contribution in [3.05, 3.63) is 71.3 Å². The third-order valence-corrected chi connectivity index (χ3v) is 4.56. The fourth-order valence-corrected chi connectivity index (χ4v) is 3.20. The molecule has 0 radical (unpaired) electrons. The zero-order valence-corrected chi connectivity index (χ0v) is 12.5. The smallest absolute Gasteiger partial charge is 0.338 e. The van der Waals surface area contributed by atoms with Crippen LogP contribution in [0.25, 0.3) is 0 Å². The van der Waals surface area contributed by atoms with Crippen LogP contribution in [0.5, 0.6) is 0 Å². The van der Waals surface area contributed by atoms with Gasteiger partial charge in [0.25, 0.3) is 0 Å². The fraction of sp³-hybridized carbons (Fsp3) is 0.235. The molecular formula is C17H15BrO2. The maximum Gasteiger partial charge on any atom is 0.338 e. The number of hydrogen-bond donors (Lipinski definition) is 0. The highest BCUT2D eigenvalue weighted by molar-refractivity contribution is 9.09. The molecule has 102 valence electrons. The van der Waals surface area contributed by atoms with Crippen LogP contribution >= 0.6 is 15.9 Å².